The Bertz CT molecular complexity index is 442. The zero-order valence-corrected chi connectivity index (χ0v) is 10.6. The summed E-state index contributed by atoms with van der Waals surface area (Å²) >= 11 is 0. The Labute approximate surface area is 114 Å². The highest BCUT2D eigenvalue weighted by atomic mass is 32.3. The van der Waals surface area contributed by atoms with Gasteiger partial charge in [0.15, 0.2) is 0 Å². The minimum absolute atomic E-state index is 0.442. The minimum atomic E-state index is -4.79. The summed E-state index contributed by atoms with van der Waals surface area (Å²) in [6.07, 6.45) is 8.70. The standard InChI is InChI=1S/C4H6N2O2.C3H4N2.CH2O5S/c7-3-5-1-2-6-4-8;1-2-5-3-4-1;2-1-6-7(3,4)5/h1-4H,(H,5,7)(H,6,8);1-3H,(H,4,5);1H,(H,3,4,5)/p-1/b2-1-;;. The van der Waals surface area contributed by atoms with Crippen LogP contribution in [0, 0.1) is 0 Å². The molecule has 0 aliphatic heterocycles. The summed E-state index contributed by atoms with van der Waals surface area (Å²) in [4.78, 5) is 34.4. The Morgan fingerprint density at radius 2 is 1.70 bits per heavy atom. The van der Waals surface area contributed by atoms with E-state index in [2.05, 4.69) is 24.8 Å². The monoisotopic (exact) mass is 307 g/mol. The van der Waals surface area contributed by atoms with E-state index >= 15 is 0 Å². The number of aromatic nitrogens is 2. The Kier molecular flexibility index (Phi) is 14.0. The Hall–Kier alpha value is -2.73. The van der Waals surface area contributed by atoms with Crippen molar-refractivity contribution in [3.05, 3.63) is 31.1 Å². The van der Waals surface area contributed by atoms with Gasteiger partial charge in [-0.1, -0.05) is 0 Å². The summed E-state index contributed by atoms with van der Waals surface area (Å²) in [5.41, 5.74) is 0. The molecule has 0 aromatic carbocycles. The van der Waals surface area contributed by atoms with Gasteiger partial charge in [-0.25, -0.2) is 13.4 Å². The smallest absolute Gasteiger partial charge is 0.308 e. The van der Waals surface area contributed by atoms with Gasteiger partial charge in [0.2, 0.25) is 12.8 Å². The molecule has 1 aromatic heterocycles. The predicted octanol–water partition coefficient (Wildman–Crippen LogP) is -2.02. The highest BCUT2D eigenvalue weighted by Gasteiger charge is 1.85. The number of imidazole rings is 1. The average Bonchev–Trinajstić information content (AvgIpc) is 2.93. The first-order chi connectivity index (χ1) is 9.47. The van der Waals surface area contributed by atoms with Crippen molar-refractivity contribution in [2.24, 2.45) is 0 Å². The van der Waals surface area contributed by atoms with Crippen LogP contribution in [0.15, 0.2) is 31.1 Å². The summed E-state index contributed by atoms with van der Waals surface area (Å²) in [5, 5.41) is 4.40. The lowest BCUT2D eigenvalue weighted by Crippen LogP contribution is -2.04. The van der Waals surface area contributed by atoms with Gasteiger partial charge in [-0.2, -0.15) is 0 Å². The number of hydrogen-bond acceptors (Lipinski definition) is 8. The van der Waals surface area contributed by atoms with Crippen molar-refractivity contribution in [2.45, 2.75) is 0 Å². The van der Waals surface area contributed by atoms with Gasteiger partial charge in [0.25, 0.3) is 10.4 Å². The highest BCUT2D eigenvalue weighted by Crippen LogP contribution is 1.76. The lowest BCUT2D eigenvalue weighted by molar-refractivity contribution is -0.120. The van der Waals surface area contributed by atoms with E-state index in [1.165, 1.54) is 12.4 Å². The van der Waals surface area contributed by atoms with Gasteiger partial charge in [-0.05, 0) is 0 Å². The fourth-order valence-corrected chi connectivity index (χ4v) is 0.534. The molecule has 1 heterocycles. The summed E-state index contributed by atoms with van der Waals surface area (Å²) < 4.78 is 30.6. The summed E-state index contributed by atoms with van der Waals surface area (Å²) in [6.45, 7) is -0.442. The van der Waals surface area contributed by atoms with Crippen molar-refractivity contribution in [3.8, 4) is 0 Å². The topological polar surface area (TPSA) is 170 Å². The van der Waals surface area contributed by atoms with Crippen LogP contribution in [0.3, 0.4) is 0 Å². The zero-order chi connectivity index (χ0) is 15.7. The van der Waals surface area contributed by atoms with Crippen molar-refractivity contribution < 1.29 is 31.5 Å². The van der Waals surface area contributed by atoms with Crippen molar-refractivity contribution in [1.29, 1.82) is 0 Å². The molecule has 2 amide bonds. The first kappa shape index (κ1) is 19.6. The third kappa shape index (κ3) is 24.5. The van der Waals surface area contributed by atoms with E-state index in [0.717, 1.165) is 0 Å². The molecule has 0 radical (unpaired) electrons. The number of aromatic amines is 1. The third-order valence-corrected chi connectivity index (χ3v) is 1.29. The molecule has 11 nitrogen and oxygen atoms in total. The molecule has 20 heavy (non-hydrogen) atoms. The maximum absolute atomic E-state index is 9.49. The van der Waals surface area contributed by atoms with Gasteiger partial charge >= 0.3 is 6.47 Å². The van der Waals surface area contributed by atoms with E-state index < -0.39 is 16.9 Å². The van der Waals surface area contributed by atoms with Crippen LogP contribution in [0.25, 0.3) is 0 Å². The molecule has 0 saturated heterocycles. The van der Waals surface area contributed by atoms with Gasteiger partial charge in [0.05, 0.1) is 6.33 Å². The molecule has 3 N–H and O–H groups in total. The summed E-state index contributed by atoms with van der Waals surface area (Å²) in [5.74, 6) is 0. The van der Waals surface area contributed by atoms with Crippen molar-refractivity contribution in [2.75, 3.05) is 0 Å². The number of nitrogens with zero attached hydrogens (tertiary/aromatic N) is 1. The van der Waals surface area contributed by atoms with Gasteiger partial charge in [0, 0.05) is 24.8 Å². The minimum Gasteiger partial charge on any atom is -0.716 e. The molecule has 0 bridgehead atoms. The van der Waals surface area contributed by atoms with Gasteiger partial charge in [0.1, 0.15) is 0 Å². The summed E-state index contributed by atoms with van der Waals surface area (Å²) in [6, 6.07) is 0. The number of H-pyrrole nitrogens is 1. The number of nitrogens with one attached hydrogen (secondary N) is 3. The molecule has 0 saturated carbocycles. The SMILES string of the molecule is O=CN/C=C\NC=O.O=COS(=O)(=O)[O-].c1c[nH]cn1. The molecule has 0 spiro atoms. The quantitative estimate of drug-likeness (QED) is 0.307. The molecule has 12 heteroatoms. The van der Waals surface area contributed by atoms with Crippen LogP contribution in [0.2, 0.25) is 0 Å². The first-order valence-corrected chi connectivity index (χ1v) is 5.86. The van der Waals surface area contributed by atoms with Crippen LogP contribution in [0.5, 0.6) is 0 Å². The fourth-order valence-electron chi connectivity index (χ4n) is 0.438. The number of carbonyl (C=O) groups is 3. The molecular formula is C8H11N4O7S-. The lowest BCUT2D eigenvalue weighted by Gasteiger charge is -1.98. The Morgan fingerprint density at radius 1 is 1.15 bits per heavy atom. The van der Waals surface area contributed by atoms with E-state index in [4.69, 9.17) is 4.79 Å². The predicted molar refractivity (Wildman–Crippen MR) is 63.0 cm³/mol. The molecule has 1 aromatic rings. The second-order valence-electron chi connectivity index (χ2n) is 2.26. The first-order valence-electron chi connectivity index (χ1n) is 4.52. The Morgan fingerprint density at radius 3 is 1.85 bits per heavy atom. The van der Waals surface area contributed by atoms with Crippen LogP contribution in [0.1, 0.15) is 0 Å². The maximum Gasteiger partial charge on any atom is 0.308 e. The molecule has 0 aliphatic carbocycles. The average molecular weight is 307 g/mol. The molecule has 0 aliphatic rings. The lowest BCUT2D eigenvalue weighted by atomic mass is 10.9. The number of carbonyl (C=O) groups excluding carboxylic acids is 3. The zero-order valence-electron chi connectivity index (χ0n) is 9.83. The maximum atomic E-state index is 9.49. The van der Waals surface area contributed by atoms with Crippen molar-refractivity contribution in [3.63, 3.8) is 0 Å². The number of rotatable bonds is 6. The van der Waals surface area contributed by atoms with Gasteiger partial charge in [-0.3, -0.25) is 14.4 Å². The summed E-state index contributed by atoms with van der Waals surface area (Å²) in [7, 11) is -4.79. The molecule has 0 unspecified atom stereocenters. The largest absolute Gasteiger partial charge is 0.716 e. The molecule has 1 rings (SSSR count). The van der Waals surface area contributed by atoms with E-state index in [1.807, 2.05) is 0 Å². The van der Waals surface area contributed by atoms with Crippen LogP contribution >= 0.6 is 0 Å². The van der Waals surface area contributed by atoms with E-state index in [9.17, 15) is 22.6 Å². The van der Waals surface area contributed by atoms with E-state index in [0.29, 0.717) is 12.8 Å². The van der Waals surface area contributed by atoms with Gasteiger partial charge < -0.3 is 24.4 Å². The van der Waals surface area contributed by atoms with Crippen molar-refractivity contribution in [1.82, 2.24) is 20.6 Å². The van der Waals surface area contributed by atoms with Crippen LogP contribution < -0.4 is 10.6 Å². The van der Waals surface area contributed by atoms with Gasteiger partial charge in [-0.15, -0.1) is 0 Å². The molecule has 112 valence electrons. The van der Waals surface area contributed by atoms with Crippen molar-refractivity contribution >= 4 is 29.7 Å². The molecular weight excluding hydrogens is 296 g/mol. The Balaban J connectivity index is 0. The third-order valence-electron chi connectivity index (χ3n) is 0.975. The molecule has 0 atom stereocenters. The second-order valence-corrected chi connectivity index (χ2v) is 3.27. The molecule has 0 fully saturated rings. The highest BCUT2D eigenvalue weighted by molar-refractivity contribution is 7.81. The van der Waals surface area contributed by atoms with E-state index in [1.54, 1.807) is 18.7 Å². The van der Waals surface area contributed by atoms with E-state index in [-0.39, 0.29) is 0 Å². The number of hydrogen-bond donors (Lipinski definition) is 3. The second kappa shape index (κ2) is 14.3. The van der Waals surface area contributed by atoms with Crippen LogP contribution in [0.4, 0.5) is 0 Å². The van der Waals surface area contributed by atoms with Crippen LogP contribution in [-0.4, -0.2) is 42.2 Å². The normalized spacial score (nSPS) is 9.05. The fraction of sp³-hybridized carbons (Fsp3) is 0. The number of amides is 2. The van der Waals surface area contributed by atoms with Crippen LogP contribution in [-0.2, 0) is 29.0 Å².